The third-order valence-corrected chi connectivity index (χ3v) is 2.24. The predicted octanol–water partition coefficient (Wildman–Crippen LogP) is 2.25. The third-order valence-electron chi connectivity index (χ3n) is 1.96. The first-order valence-corrected chi connectivity index (χ1v) is 4.21. The minimum atomic E-state index is -0.355. The Labute approximate surface area is 81.4 Å². The molecule has 1 aromatic carbocycles. The van der Waals surface area contributed by atoms with Gasteiger partial charge in [-0.05, 0) is 18.6 Å². The Morgan fingerprint density at radius 2 is 2.23 bits per heavy atom. The fourth-order valence-electron chi connectivity index (χ4n) is 1.21. The van der Waals surface area contributed by atoms with Gasteiger partial charge in [0.1, 0.15) is 11.6 Å². The maximum atomic E-state index is 13.1. The summed E-state index contributed by atoms with van der Waals surface area (Å²) in [5.74, 6) is 0.106. The molecule has 1 aromatic rings. The van der Waals surface area contributed by atoms with Crippen molar-refractivity contribution in [1.82, 2.24) is 0 Å². The molecule has 13 heavy (non-hydrogen) atoms. The molecule has 0 saturated heterocycles. The molecule has 0 aromatic heterocycles. The normalized spacial score (nSPS) is 10.2. The van der Waals surface area contributed by atoms with Gasteiger partial charge in [0.25, 0.3) is 0 Å². The van der Waals surface area contributed by atoms with Crippen LogP contribution in [0.5, 0.6) is 5.75 Å². The van der Waals surface area contributed by atoms with Crippen LogP contribution in [0.3, 0.4) is 0 Å². The lowest BCUT2D eigenvalue weighted by Crippen LogP contribution is -2.04. The summed E-state index contributed by atoms with van der Waals surface area (Å²) >= 11 is 5.76. The van der Waals surface area contributed by atoms with Gasteiger partial charge in [-0.1, -0.05) is 11.6 Å². The van der Waals surface area contributed by atoms with Crippen molar-refractivity contribution >= 4 is 11.6 Å². The number of halogens is 2. The minimum Gasteiger partial charge on any atom is -0.495 e. The maximum absolute atomic E-state index is 13.1. The monoisotopic (exact) mass is 203 g/mol. The van der Waals surface area contributed by atoms with Crippen LogP contribution in [0.15, 0.2) is 6.07 Å². The summed E-state index contributed by atoms with van der Waals surface area (Å²) < 4.78 is 18.2. The molecule has 0 aliphatic heterocycles. The first-order chi connectivity index (χ1) is 6.11. The van der Waals surface area contributed by atoms with Gasteiger partial charge >= 0.3 is 0 Å². The molecule has 0 aliphatic rings. The molecule has 0 unspecified atom stereocenters. The van der Waals surface area contributed by atoms with Gasteiger partial charge in [-0.15, -0.1) is 0 Å². The lowest BCUT2D eigenvalue weighted by molar-refractivity contribution is 0.408. The zero-order valence-electron chi connectivity index (χ0n) is 7.53. The van der Waals surface area contributed by atoms with Gasteiger partial charge < -0.3 is 10.5 Å². The Balaban J connectivity index is 3.41. The van der Waals surface area contributed by atoms with Crippen LogP contribution in [0, 0.1) is 12.7 Å². The van der Waals surface area contributed by atoms with Gasteiger partial charge in [0, 0.05) is 12.1 Å². The average molecular weight is 204 g/mol. The van der Waals surface area contributed by atoms with Crippen LogP contribution < -0.4 is 10.5 Å². The second-order valence-electron chi connectivity index (χ2n) is 2.68. The highest BCUT2D eigenvalue weighted by atomic mass is 35.5. The van der Waals surface area contributed by atoms with Crippen LogP contribution >= 0.6 is 11.6 Å². The van der Waals surface area contributed by atoms with E-state index in [-0.39, 0.29) is 17.4 Å². The molecule has 0 saturated carbocycles. The second kappa shape index (κ2) is 3.94. The number of nitrogens with two attached hydrogens (primary N) is 1. The molecule has 2 nitrogen and oxygen atoms in total. The van der Waals surface area contributed by atoms with E-state index in [4.69, 9.17) is 22.1 Å². The van der Waals surface area contributed by atoms with E-state index in [9.17, 15) is 4.39 Å². The van der Waals surface area contributed by atoms with Crippen molar-refractivity contribution in [1.29, 1.82) is 0 Å². The van der Waals surface area contributed by atoms with Gasteiger partial charge in [0.05, 0.1) is 12.1 Å². The van der Waals surface area contributed by atoms with Crippen LogP contribution in [0.25, 0.3) is 0 Å². The van der Waals surface area contributed by atoms with E-state index < -0.39 is 0 Å². The lowest BCUT2D eigenvalue weighted by atomic mass is 10.1. The number of ether oxygens (including phenoxy) is 1. The SMILES string of the molecule is COc1c(Cl)cc(F)c(C)c1CN. The van der Waals surface area contributed by atoms with Crippen molar-refractivity contribution in [2.75, 3.05) is 7.11 Å². The van der Waals surface area contributed by atoms with Crippen molar-refractivity contribution in [2.24, 2.45) is 5.73 Å². The van der Waals surface area contributed by atoms with Crippen molar-refractivity contribution in [3.8, 4) is 5.75 Å². The van der Waals surface area contributed by atoms with Gasteiger partial charge in [-0.2, -0.15) is 0 Å². The van der Waals surface area contributed by atoms with Crippen molar-refractivity contribution in [2.45, 2.75) is 13.5 Å². The van der Waals surface area contributed by atoms with Gasteiger partial charge in [-0.25, -0.2) is 4.39 Å². The largest absolute Gasteiger partial charge is 0.495 e. The number of methoxy groups -OCH3 is 1. The van der Waals surface area contributed by atoms with E-state index in [2.05, 4.69) is 0 Å². The molecule has 0 spiro atoms. The van der Waals surface area contributed by atoms with E-state index >= 15 is 0 Å². The molecule has 0 amide bonds. The van der Waals surface area contributed by atoms with Gasteiger partial charge in [0.15, 0.2) is 0 Å². The standard InChI is InChI=1S/C9H11ClFNO/c1-5-6(4-12)9(13-2)7(10)3-8(5)11/h3H,4,12H2,1-2H3. The fourth-order valence-corrected chi connectivity index (χ4v) is 1.50. The van der Waals surface area contributed by atoms with Crippen molar-refractivity contribution in [3.63, 3.8) is 0 Å². The summed E-state index contributed by atoms with van der Waals surface area (Å²) in [6.07, 6.45) is 0. The Kier molecular flexibility index (Phi) is 3.12. The summed E-state index contributed by atoms with van der Waals surface area (Å²) in [7, 11) is 1.48. The van der Waals surface area contributed by atoms with Crippen molar-refractivity contribution < 1.29 is 9.13 Å². The van der Waals surface area contributed by atoms with Crippen LogP contribution in [0.1, 0.15) is 11.1 Å². The van der Waals surface area contributed by atoms with E-state index in [1.165, 1.54) is 13.2 Å². The molecule has 1 rings (SSSR count). The second-order valence-corrected chi connectivity index (χ2v) is 3.09. The highest BCUT2D eigenvalue weighted by Crippen LogP contribution is 2.32. The molecule has 0 heterocycles. The molecule has 0 radical (unpaired) electrons. The summed E-state index contributed by atoms with van der Waals surface area (Å²) in [4.78, 5) is 0. The van der Waals surface area contributed by atoms with E-state index in [0.29, 0.717) is 16.9 Å². The zero-order chi connectivity index (χ0) is 10.0. The zero-order valence-corrected chi connectivity index (χ0v) is 8.28. The number of rotatable bonds is 2. The molecule has 72 valence electrons. The molecule has 0 atom stereocenters. The topological polar surface area (TPSA) is 35.2 Å². The Bertz CT molecular complexity index is 328. The molecule has 2 N–H and O–H groups in total. The molecule has 0 fully saturated rings. The van der Waals surface area contributed by atoms with Gasteiger partial charge in [0.2, 0.25) is 0 Å². The average Bonchev–Trinajstić information content (AvgIpc) is 2.10. The van der Waals surface area contributed by atoms with Gasteiger partial charge in [-0.3, -0.25) is 0 Å². The third kappa shape index (κ3) is 1.76. The summed E-state index contributed by atoms with van der Waals surface area (Å²) in [5.41, 5.74) is 6.57. The van der Waals surface area contributed by atoms with Crippen LogP contribution in [-0.2, 0) is 6.54 Å². The van der Waals surface area contributed by atoms with Crippen molar-refractivity contribution in [3.05, 3.63) is 28.0 Å². The molecule has 0 aliphatic carbocycles. The van der Waals surface area contributed by atoms with E-state index in [1.54, 1.807) is 6.92 Å². The smallest absolute Gasteiger partial charge is 0.142 e. The first kappa shape index (κ1) is 10.3. The highest BCUT2D eigenvalue weighted by Gasteiger charge is 2.13. The molecule has 0 bridgehead atoms. The fraction of sp³-hybridized carbons (Fsp3) is 0.333. The predicted molar refractivity (Wildman–Crippen MR) is 50.6 cm³/mol. The van der Waals surface area contributed by atoms with Crippen LogP contribution in [0.2, 0.25) is 5.02 Å². The molecule has 4 heteroatoms. The Hall–Kier alpha value is -0.800. The van der Waals surface area contributed by atoms with E-state index in [0.717, 1.165) is 0 Å². The first-order valence-electron chi connectivity index (χ1n) is 3.83. The summed E-state index contributed by atoms with van der Waals surface area (Å²) in [5, 5.41) is 0.256. The Morgan fingerprint density at radius 3 is 2.69 bits per heavy atom. The minimum absolute atomic E-state index is 0.215. The van der Waals surface area contributed by atoms with Crippen LogP contribution in [-0.4, -0.2) is 7.11 Å². The molecular weight excluding hydrogens is 193 g/mol. The highest BCUT2D eigenvalue weighted by molar-refractivity contribution is 6.32. The number of hydrogen-bond acceptors (Lipinski definition) is 2. The number of hydrogen-bond donors (Lipinski definition) is 1. The van der Waals surface area contributed by atoms with Crippen LogP contribution in [0.4, 0.5) is 4.39 Å². The Morgan fingerprint density at radius 1 is 1.62 bits per heavy atom. The van der Waals surface area contributed by atoms with E-state index in [1.807, 2.05) is 0 Å². The quantitative estimate of drug-likeness (QED) is 0.800. The number of benzene rings is 1. The summed E-state index contributed by atoms with van der Waals surface area (Å²) in [6.45, 7) is 1.86. The summed E-state index contributed by atoms with van der Waals surface area (Å²) in [6, 6.07) is 1.23. The lowest BCUT2D eigenvalue weighted by Gasteiger charge is -2.12. The maximum Gasteiger partial charge on any atom is 0.142 e. The molecular formula is C9H11ClFNO.